The van der Waals surface area contributed by atoms with E-state index in [-0.39, 0.29) is 0 Å². The van der Waals surface area contributed by atoms with E-state index < -0.39 is 0 Å². The first-order valence-corrected chi connectivity index (χ1v) is 4.13. The van der Waals surface area contributed by atoms with E-state index in [9.17, 15) is 0 Å². The normalized spacial score (nSPS) is 10.3. The number of unbranched alkanes of at least 4 members (excludes halogenated alkanes) is 1. The molecule has 0 heterocycles. The van der Waals surface area contributed by atoms with E-state index in [1.54, 1.807) is 0 Å². The van der Waals surface area contributed by atoms with E-state index in [2.05, 4.69) is 33.1 Å². The largest absolute Gasteiger partial charge is 0.330 e. The van der Waals surface area contributed by atoms with Crippen LogP contribution in [0.15, 0.2) is 24.8 Å². The molecule has 0 unspecified atom stereocenters. The zero-order chi connectivity index (χ0) is 9.11. The smallest absolute Gasteiger partial charge is 0.00772 e. The third-order valence-corrected chi connectivity index (χ3v) is 1.52. The van der Waals surface area contributed by atoms with Crippen molar-refractivity contribution in [2.75, 3.05) is 6.54 Å². The summed E-state index contributed by atoms with van der Waals surface area (Å²) in [4.78, 5) is 0. The predicted molar refractivity (Wildman–Crippen MR) is 53.6 cm³/mol. The summed E-state index contributed by atoms with van der Waals surface area (Å²) in [5, 5.41) is 0. The first kappa shape index (κ1) is 13.1. The molecule has 0 spiro atoms. The molecule has 2 N–H and O–H groups in total. The Morgan fingerprint density at radius 1 is 1.36 bits per heavy atom. The molecule has 0 fully saturated rings. The Hall–Kier alpha value is -0.560. The Balaban J connectivity index is 0. The first-order valence-electron chi connectivity index (χ1n) is 4.13. The number of rotatable bonds is 4. The average molecular weight is 155 g/mol. The van der Waals surface area contributed by atoms with E-state index in [1.807, 2.05) is 0 Å². The summed E-state index contributed by atoms with van der Waals surface area (Å²) in [6.45, 7) is 11.1. The van der Waals surface area contributed by atoms with Crippen LogP contribution in [-0.4, -0.2) is 6.54 Å². The minimum Gasteiger partial charge on any atom is -0.330 e. The number of hydrogen-bond acceptors (Lipinski definition) is 1. The molecule has 0 rings (SSSR count). The second-order valence-corrected chi connectivity index (χ2v) is 2.38. The van der Waals surface area contributed by atoms with Crippen molar-refractivity contribution < 1.29 is 0 Å². The van der Waals surface area contributed by atoms with Crippen LogP contribution in [0.25, 0.3) is 0 Å². The van der Waals surface area contributed by atoms with Crippen molar-refractivity contribution in [1.29, 1.82) is 0 Å². The van der Waals surface area contributed by atoms with Gasteiger partial charge in [-0.05, 0) is 39.7 Å². The van der Waals surface area contributed by atoms with E-state index in [0.29, 0.717) is 0 Å². The molecule has 0 aliphatic heterocycles. The molecule has 0 aliphatic rings. The Morgan fingerprint density at radius 3 is 2.27 bits per heavy atom. The standard InChI is InChI=1S/C8H17N.C2H4/c1-3-8(2)6-4-5-7-9;1-2/h3H,4-7,9H2,1-2H3;1-2H2/b8-3+;. The fourth-order valence-corrected chi connectivity index (χ4v) is 0.693. The van der Waals surface area contributed by atoms with Gasteiger partial charge in [-0.15, -0.1) is 13.2 Å². The highest BCUT2D eigenvalue weighted by molar-refractivity contribution is 4.94. The second kappa shape index (κ2) is 12.1. The van der Waals surface area contributed by atoms with E-state index in [4.69, 9.17) is 5.73 Å². The third kappa shape index (κ3) is 12.6. The zero-order valence-corrected chi connectivity index (χ0v) is 7.90. The molecule has 0 aromatic rings. The van der Waals surface area contributed by atoms with Crippen molar-refractivity contribution >= 4 is 0 Å². The van der Waals surface area contributed by atoms with Gasteiger partial charge < -0.3 is 5.73 Å². The maximum atomic E-state index is 5.34. The number of allylic oxidation sites excluding steroid dienone is 2. The molecule has 0 aromatic carbocycles. The van der Waals surface area contributed by atoms with Crippen LogP contribution in [0, 0.1) is 0 Å². The molecule has 0 atom stereocenters. The SMILES string of the molecule is C/C=C(\C)CCCCN.C=C. The molecule has 0 saturated carbocycles. The van der Waals surface area contributed by atoms with Gasteiger partial charge >= 0.3 is 0 Å². The van der Waals surface area contributed by atoms with E-state index in [1.165, 1.54) is 18.4 Å². The van der Waals surface area contributed by atoms with Gasteiger partial charge in [0, 0.05) is 0 Å². The van der Waals surface area contributed by atoms with Crippen LogP contribution in [-0.2, 0) is 0 Å². The molecule has 0 radical (unpaired) electrons. The fourth-order valence-electron chi connectivity index (χ4n) is 0.693. The highest BCUT2D eigenvalue weighted by Crippen LogP contribution is 2.04. The summed E-state index contributed by atoms with van der Waals surface area (Å²) in [5.41, 5.74) is 6.81. The summed E-state index contributed by atoms with van der Waals surface area (Å²) in [6.07, 6.45) is 5.78. The molecule has 1 nitrogen and oxygen atoms in total. The van der Waals surface area contributed by atoms with Crippen LogP contribution in [0.4, 0.5) is 0 Å². The molecule has 0 bridgehead atoms. The first-order chi connectivity index (χ1) is 5.31. The molecule has 11 heavy (non-hydrogen) atoms. The lowest BCUT2D eigenvalue weighted by molar-refractivity contribution is 0.739. The Morgan fingerprint density at radius 2 is 1.91 bits per heavy atom. The highest BCUT2D eigenvalue weighted by Gasteiger charge is 1.86. The van der Waals surface area contributed by atoms with Crippen molar-refractivity contribution in [2.24, 2.45) is 5.73 Å². The summed E-state index contributed by atoms with van der Waals surface area (Å²) in [6, 6.07) is 0. The maximum Gasteiger partial charge on any atom is -0.00772 e. The van der Waals surface area contributed by atoms with Gasteiger partial charge in [0.2, 0.25) is 0 Å². The monoisotopic (exact) mass is 155 g/mol. The van der Waals surface area contributed by atoms with Crippen molar-refractivity contribution in [3.8, 4) is 0 Å². The summed E-state index contributed by atoms with van der Waals surface area (Å²) in [7, 11) is 0. The molecule has 1 heteroatoms. The van der Waals surface area contributed by atoms with Crippen molar-refractivity contribution in [3.05, 3.63) is 24.8 Å². The molecular formula is C10H21N. The maximum absolute atomic E-state index is 5.34. The Kier molecular flexibility index (Phi) is 14.4. The molecule has 0 saturated heterocycles. The summed E-state index contributed by atoms with van der Waals surface area (Å²) < 4.78 is 0. The number of nitrogens with two attached hydrogens (primary N) is 1. The van der Waals surface area contributed by atoms with Gasteiger partial charge in [-0.3, -0.25) is 0 Å². The van der Waals surface area contributed by atoms with Crippen molar-refractivity contribution in [3.63, 3.8) is 0 Å². The van der Waals surface area contributed by atoms with Crippen LogP contribution >= 0.6 is 0 Å². The average Bonchev–Trinajstić information content (AvgIpc) is 2.08. The minimum absolute atomic E-state index is 0.830. The minimum atomic E-state index is 0.830. The lowest BCUT2D eigenvalue weighted by Crippen LogP contribution is -1.97. The topological polar surface area (TPSA) is 26.0 Å². The summed E-state index contributed by atoms with van der Waals surface area (Å²) >= 11 is 0. The molecule has 66 valence electrons. The van der Waals surface area contributed by atoms with Gasteiger partial charge in [0.15, 0.2) is 0 Å². The van der Waals surface area contributed by atoms with Gasteiger partial charge in [0.25, 0.3) is 0 Å². The van der Waals surface area contributed by atoms with E-state index >= 15 is 0 Å². The van der Waals surface area contributed by atoms with Crippen molar-refractivity contribution in [2.45, 2.75) is 33.1 Å². The summed E-state index contributed by atoms with van der Waals surface area (Å²) in [5.74, 6) is 0. The van der Waals surface area contributed by atoms with Gasteiger partial charge in [0.1, 0.15) is 0 Å². The molecule has 0 aliphatic carbocycles. The Labute approximate surface area is 71.0 Å². The molecule has 0 aromatic heterocycles. The number of hydrogen-bond donors (Lipinski definition) is 1. The van der Waals surface area contributed by atoms with Gasteiger partial charge in [-0.2, -0.15) is 0 Å². The quantitative estimate of drug-likeness (QED) is 0.490. The van der Waals surface area contributed by atoms with Gasteiger partial charge in [-0.25, -0.2) is 0 Å². The van der Waals surface area contributed by atoms with Gasteiger partial charge in [-0.1, -0.05) is 11.6 Å². The highest BCUT2D eigenvalue weighted by atomic mass is 14.5. The molecular weight excluding hydrogens is 134 g/mol. The van der Waals surface area contributed by atoms with Crippen LogP contribution < -0.4 is 5.73 Å². The van der Waals surface area contributed by atoms with Gasteiger partial charge in [0.05, 0.1) is 0 Å². The van der Waals surface area contributed by atoms with Crippen LogP contribution in [0.5, 0.6) is 0 Å². The zero-order valence-electron chi connectivity index (χ0n) is 7.90. The van der Waals surface area contributed by atoms with Crippen molar-refractivity contribution in [1.82, 2.24) is 0 Å². The van der Waals surface area contributed by atoms with Crippen LogP contribution in [0.2, 0.25) is 0 Å². The lowest BCUT2D eigenvalue weighted by Gasteiger charge is -1.96. The molecule has 0 amide bonds. The third-order valence-electron chi connectivity index (χ3n) is 1.52. The van der Waals surface area contributed by atoms with Crippen LogP contribution in [0.3, 0.4) is 0 Å². The predicted octanol–water partition coefficient (Wildman–Crippen LogP) is 2.88. The lowest BCUT2D eigenvalue weighted by atomic mass is 10.1. The van der Waals surface area contributed by atoms with Crippen LogP contribution in [0.1, 0.15) is 33.1 Å². The second-order valence-electron chi connectivity index (χ2n) is 2.38. The fraction of sp³-hybridized carbons (Fsp3) is 0.600. The Bertz CT molecular complexity index is 95.0. The van der Waals surface area contributed by atoms with E-state index in [0.717, 1.165) is 13.0 Å².